The number of nitrogens with zero attached hydrogens (tertiary/aromatic N) is 2. The summed E-state index contributed by atoms with van der Waals surface area (Å²) in [4.78, 5) is 32.2. The van der Waals surface area contributed by atoms with Gasteiger partial charge in [-0.15, -0.1) is 0 Å². The SMILES string of the molecule is NC/C=C/C=C/CNC(=O)c1ccnc(Cc2ccc3nc(C(N)=O)ccc3c2)c1. The van der Waals surface area contributed by atoms with E-state index in [0.717, 1.165) is 16.6 Å². The lowest BCUT2D eigenvalue weighted by molar-refractivity contribution is 0.0956. The summed E-state index contributed by atoms with van der Waals surface area (Å²) in [5.41, 5.74) is 13.9. The molecule has 0 spiro atoms. The van der Waals surface area contributed by atoms with E-state index in [4.69, 9.17) is 11.5 Å². The van der Waals surface area contributed by atoms with Gasteiger partial charge < -0.3 is 16.8 Å². The molecule has 0 aliphatic rings. The van der Waals surface area contributed by atoms with Crippen molar-refractivity contribution in [3.05, 3.63) is 95.5 Å². The van der Waals surface area contributed by atoms with Crippen LogP contribution in [0.4, 0.5) is 0 Å². The molecule has 30 heavy (non-hydrogen) atoms. The number of amides is 2. The fourth-order valence-corrected chi connectivity index (χ4v) is 2.90. The first-order valence-electron chi connectivity index (χ1n) is 9.51. The largest absolute Gasteiger partial charge is 0.364 e. The van der Waals surface area contributed by atoms with E-state index < -0.39 is 5.91 Å². The van der Waals surface area contributed by atoms with Gasteiger partial charge in [0.1, 0.15) is 5.69 Å². The molecule has 1 aromatic carbocycles. The number of hydrogen-bond donors (Lipinski definition) is 3. The Morgan fingerprint density at radius 2 is 1.87 bits per heavy atom. The molecule has 3 aromatic rings. The number of allylic oxidation sites excluding steroid dienone is 2. The minimum Gasteiger partial charge on any atom is -0.364 e. The molecule has 2 heterocycles. The third kappa shape index (κ3) is 5.59. The maximum absolute atomic E-state index is 12.3. The van der Waals surface area contributed by atoms with Crippen molar-refractivity contribution < 1.29 is 9.59 Å². The van der Waals surface area contributed by atoms with Crippen molar-refractivity contribution >= 4 is 22.7 Å². The quantitative estimate of drug-likeness (QED) is 0.499. The number of aromatic nitrogens is 2. The summed E-state index contributed by atoms with van der Waals surface area (Å²) in [6, 6.07) is 12.7. The molecule has 7 nitrogen and oxygen atoms in total. The highest BCUT2D eigenvalue weighted by Crippen LogP contribution is 2.17. The molecule has 0 atom stereocenters. The molecule has 0 saturated carbocycles. The van der Waals surface area contributed by atoms with E-state index >= 15 is 0 Å². The predicted octanol–water partition coefficient (Wildman–Crippen LogP) is 2.12. The molecule has 0 saturated heterocycles. The number of nitrogens with two attached hydrogens (primary N) is 2. The Bertz CT molecular complexity index is 1120. The van der Waals surface area contributed by atoms with Crippen molar-refractivity contribution in [3.63, 3.8) is 0 Å². The van der Waals surface area contributed by atoms with Gasteiger partial charge in [-0.25, -0.2) is 4.98 Å². The van der Waals surface area contributed by atoms with Gasteiger partial charge in [0.05, 0.1) is 5.52 Å². The van der Waals surface area contributed by atoms with E-state index in [-0.39, 0.29) is 11.6 Å². The normalized spacial score (nSPS) is 11.4. The van der Waals surface area contributed by atoms with Crippen molar-refractivity contribution in [1.82, 2.24) is 15.3 Å². The van der Waals surface area contributed by atoms with Crippen LogP contribution in [0.15, 0.2) is 73.0 Å². The number of nitrogens with one attached hydrogen (secondary N) is 1. The number of rotatable bonds is 8. The fourth-order valence-electron chi connectivity index (χ4n) is 2.90. The van der Waals surface area contributed by atoms with Crippen LogP contribution in [0.2, 0.25) is 0 Å². The van der Waals surface area contributed by atoms with E-state index in [1.54, 1.807) is 24.4 Å². The van der Waals surface area contributed by atoms with Gasteiger partial charge in [0.15, 0.2) is 0 Å². The Hall–Kier alpha value is -3.84. The van der Waals surface area contributed by atoms with E-state index in [1.807, 2.05) is 48.6 Å². The molecule has 0 aliphatic heterocycles. The van der Waals surface area contributed by atoms with Crippen LogP contribution in [0.3, 0.4) is 0 Å². The monoisotopic (exact) mass is 401 g/mol. The molecule has 0 aliphatic carbocycles. The summed E-state index contributed by atoms with van der Waals surface area (Å²) in [7, 11) is 0. The van der Waals surface area contributed by atoms with Crippen molar-refractivity contribution in [2.75, 3.05) is 13.1 Å². The smallest absolute Gasteiger partial charge is 0.267 e. The van der Waals surface area contributed by atoms with Gasteiger partial charge in [0, 0.05) is 42.4 Å². The second kappa shape index (κ2) is 10.1. The van der Waals surface area contributed by atoms with Crippen LogP contribution >= 0.6 is 0 Å². The van der Waals surface area contributed by atoms with E-state index in [2.05, 4.69) is 15.3 Å². The second-order valence-electron chi connectivity index (χ2n) is 6.60. The van der Waals surface area contributed by atoms with Gasteiger partial charge in [-0.2, -0.15) is 0 Å². The van der Waals surface area contributed by atoms with Crippen molar-refractivity contribution in [2.45, 2.75) is 6.42 Å². The zero-order valence-electron chi connectivity index (χ0n) is 16.4. The first kappa shape index (κ1) is 20.9. The zero-order chi connectivity index (χ0) is 21.3. The average molecular weight is 401 g/mol. The van der Waals surface area contributed by atoms with Crippen molar-refractivity contribution in [3.8, 4) is 0 Å². The third-order valence-electron chi connectivity index (χ3n) is 4.37. The average Bonchev–Trinajstić information content (AvgIpc) is 2.75. The Labute approximate surface area is 174 Å². The molecular weight excluding hydrogens is 378 g/mol. The number of primary amides is 1. The summed E-state index contributed by atoms with van der Waals surface area (Å²) in [5.74, 6) is -0.712. The first-order valence-corrected chi connectivity index (χ1v) is 9.51. The van der Waals surface area contributed by atoms with Crippen LogP contribution in [0.5, 0.6) is 0 Å². The molecule has 7 heteroatoms. The molecule has 0 fully saturated rings. The lowest BCUT2D eigenvalue weighted by Crippen LogP contribution is -2.23. The lowest BCUT2D eigenvalue weighted by Gasteiger charge is -2.07. The Balaban J connectivity index is 1.68. The predicted molar refractivity (Wildman–Crippen MR) is 117 cm³/mol. The van der Waals surface area contributed by atoms with Crippen LogP contribution in [0.1, 0.15) is 32.1 Å². The summed E-state index contributed by atoms with van der Waals surface area (Å²) < 4.78 is 0. The summed E-state index contributed by atoms with van der Waals surface area (Å²) >= 11 is 0. The molecule has 5 N–H and O–H groups in total. The molecular formula is C23H23N5O2. The summed E-state index contributed by atoms with van der Waals surface area (Å²) in [6.07, 6.45) is 9.55. The number of hydrogen-bond acceptors (Lipinski definition) is 5. The highest BCUT2D eigenvalue weighted by molar-refractivity contribution is 5.94. The van der Waals surface area contributed by atoms with Gasteiger partial charge >= 0.3 is 0 Å². The molecule has 2 aromatic heterocycles. The molecule has 3 rings (SSSR count). The number of fused-ring (bicyclic) bond motifs is 1. The Morgan fingerprint density at radius 3 is 2.67 bits per heavy atom. The Kier molecular flexibility index (Phi) is 7.02. The number of carbonyl (C=O) groups excluding carboxylic acids is 2. The van der Waals surface area contributed by atoms with Crippen molar-refractivity contribution in [2.24, 2.45) is 11.5 Å². The van der Waals surface area contributed by atoms with Gasteiger partial charge in [0.25, 0.3) is 11.8 Å². The zero-order valence-corrected chi connectivity index (χ0v) is 16.4. The standard InChI is InChI=1S/C23H23N5O2/c24-10-3-1-2-4-11-27-23(30)18-9-12-26-19(15-18)14-16-5-7-20-17(13-16)6-8-21(28-20)22(25)29/h1-9,12-13,15H,10-11,14,24H2,(H2,25,29)(H,27,30)/b3-1+,4-2+. The Morgan fingerprint density at radius 1 is 1.03 bits per heavy atom. The van der Waals surface area contributed by atoms with Crippen LogP contribution in [0, 0.1) is 0 Å². The maximum atomic E-state index is 12.3. The maximum Gasteiger partial charge on any atom is 0.267 e. The lowest BCUT2D eigenvalue weighted by atomic mass is 10.0. The number of benzene rings is 1. The highest BCUT2D eigenvalue weighted by Gasteiger charge is 2.08. The topological polar surface area (TPSA) is 124 Å². The van der Waals surface area contributed by atoms with E-state index in [0.29, 0.717) is 30.6 Å². The van der Waals surface area contributed by atoms with Gasteiger partial charge in [0.2, 0.25) is 0 Å². The fraction of sp³-hybridized carbons (Fsp3) is 0.130. The minimum atomic E-state index is -0.553. The first-order chi connectivity index (χ1) is 14.6. The molecule has 0 bridgehead atoms. The molecule has 152 valence electrons. The third-order valence-corrected chi connectivity index (χ3v) is 4.37. The molecule has 0 radical (unpaired) electrons. The minimum absolute atomic E-state index is 0.159. The van der Waals surface area contributed by atoms with E-state index in [1.165, 1.54) is 0 Å². The van der Waals surface area contributed by atoms with Crippen molar-refractivity contribution in [1.29, 1.82) is 0 Å². The summed E-state index contributed by atoms with van der Waals surface area (Å²) in [5, 5.41) is 3.75. The van der Waals surface area contributed by atoms with Crippen LogP contribution in [0.25, 0.3) is 10.9 Å². The second-order valence-corrected chi connectivity index (χ2v) is 6.60. The molecule has 2 amide bonds. The van der Waals surface area contributed by atoms with Crippen LogP contribution < -0.4 is 16.8 Å². The van der Waals surface area contributed by atoms with Gasteiger partial charge in [-0.3, -0.25) is 14.6 Å². The number of carbonyl (C=O) groups is 2. The van der Waals surface area contributed by atoms with Crippen LogP contribution in [-0.2, 0) is 6.42 Å². The highest BCUT2D eigenvalue weighted by atomic mass is 16.2. The van der Waals surface area contributed by atoms with E-state index in [9.17, 15) is 9.59 Å². The van der Waals surface area contributed by atoms with Gasteiger partial charge in [-0.05, 0) is 35.9 Å². The summed E-state index contributed by atoms with van der Waals surface area (Å²) in [6.45, 7) is 0.912. The molecule has 0 unspecified atom stereocenters. The van der Waals surface area contributed by atoms with Crippen LogP contribution in [-0.4, -0.2) is 34.9 Å². The number of pyridine rings is 2. The van der Waals surface area contributed by atoms with Gasteiger partial charge in [-0.1, -0.05) is 36.4 Å².